The smallest absolute Gasteiger partial charge is 0.336 e. The van der Waals surface area contributed by atoms with Crippen LogP contribution in [0.1, 0.15) is 22.8 Å². The lowest BCUT2D eigenvalue weighted by atomic mass is 10.1. The van der Waals surface area contributed by atoms with E-state index in [1.165, 1.54) is 12.3 Å². The Morgan fingerprint density at radius 1 is 1.60 bits per heavy atom. The average Bonchev–Trinajstić information content (AvgIpc) is 2.20. The van der Waals surface area contributed by atoms with Crippen molar-refractivity contribution in [1.82, 2.24) is 0 Å². The van der Waals surface area contributed by atoms with Crippen LogP contribution in [-0.4, -0.2) is 17.7 Å². The van der Waals surface area contributed by atoms with E-state index in [2.05, 4.69) is 0 Å². The van der Waals surface area contributed by atoms with Crippen LogP contribution in [0.2, 0.25) is 5.02 Å². The second kappa shape index (κ2) is 5.41. The first-order valence-corrected chi connectivity index (χ1v) is 4.84. The van der Waals surface area contributed by atoms with Crippen LogP contribution < -0.4 is 0 Å². The predicted molar refractivity (Wildman–Crippen MR) is 59.1 cm³/mol. The predicted octanol–water partition coefficient (Wildman–Crippen LogP) is 3.05. The molecule has 0 aliphatic rings. The van der Waals surface area contributed by atoms with Crippen molar-refractivity contribution in [2.24, 2.45) is 0 Å². The molecule has 15 heavy (non-hydrogen) atoms. The first kappa shape index (κ1) is 11.6. The summed E-state index contributed by atoms with van der Waals surface area (Å²) in [6, 6.07) is 4.69. The monoisotopic (exact) mass is 226 g/mol. The third kappa shape index (κ3) is 3.29. The molecule has 0 saturated heterocycles. The summed E-state index contributed by atoms with van der Waals surface area (Å²) in [7, 11) is 0. The highest BCUT2D eigenvalue weighted by Gasteiger charge is 2.08. The largest absolute Gasteiger partial charge is 0.501 e. The van der Waals surface area contributed by atoms with Crippen LogP contribution in [0, 0.1) is 0 Å². The van der Waals surface area contributed by atoms with Crippen molar-refractivity contribution in [1.29, 1.82) is 0 Å². The van der Waals surface area contributed by atoms with E-state index in [4.69, 9.17) is 21.4 Å². The summed E-state index contributed by atoms with van der Waals surface area (Å²) < 4.78 is 5.00. The number of carbonyl (C=O) groups is 1. The molecule has 0 aliphatic heterocycles. The van der Waals surface area contributed by atoms with Gasteiger partial charge in [-0.05, 0) is 30.7 Å². The van der Waals surface area contributed by atoms with Crippen LogP contribution in [-0.2, 0) is 4.74 Å². The van der Waals surface area contributed by atoms with Gasteiger partial charge in [0.05, 0.1) is 18.4 Å². The molecule has 0 amide bonds. The lowest BCUT2D eigenvalue weighted by Crippen LogP contribution is -1.99. The minimum absolute atomic E-state index is 0.165. The standard InChI is InChI=1S/C11H11ClO3/c1-2-15-6-5-8-3-4-9(12)7-10(8)11(13)14/h3-7H,2H2,1H3,(H,13,14)/b6-5+. The topological polar surface area (TPSA) is 46.5 Å². The van der Waals surface area contributed by atoms with Gasteiger partial charge >= 0.3 is 5.97 Å². The molecule has 1 N–H and O–H groups in total. The molecule has 0 saturated carbocycles. The summed E-state index contributed by atoms with van der Waals surface area (Å²) in [5.74, 6) is -1.01. The van der Waals surface area contributed by atoms with E-state index in [1.807, 2.05) is 6.92 Å². The van der Waals surface area contributed by atoms with Gasteiger partial charge in [0.15, 0.2) is 0 Å². The lowest BCUT2D eigenvalue weighted by Gasteiger charge is -2.01. The number of rotatable bonds is 4. The van der Waals surface area contributed by atoms with E-state index in [-0.39, 0.29) is 5.56 Å². The molecule has 0 fully saturated rings. The van der Waals surface area contributed by atoms with Gasteiger partial charge in [0, 0.05) is 5.02 Å². The second-order valence-electron chi connectivity index (χ2n) is 2.79. The average molecular weight is 227 g/mol. The van der Waals surface area contributed by atoms with Gasteiger partial charge in [0.25, 0.3) is 0 Å². The van der Waals surface area contributed by atoms with E-state index < -0.39 is 5.97 Å². The molecule has 1 aromatic carbocycles. The molecule has 0 aliphatic carbocycles. The first-order valence-electron chi connectivity index (χ1n) is 4.46. The van der Waals surface area contributed by atoms with E-state index in [9.17, 15) is 4.79 Å². The Bertz CT molecular complexity index is 385. The molecule has 1 rings (SSSR count). The Hall–Kier alpha value is -1.48. The van der Waals surface area contributed by atoms with Crippen LogP contribution in [0.4, 0.5) is 0 Å². The Labute approximate surface area is 92.9 Å². The van der Waals surface area contributed by atoms with Gasteiger partial charge in [0.2, 0.25) is 0 Å². The molecule has 80 valence electrons. The fourth-order valence-corrected chi connectivity index (χ4v) is 1.25. The number of benzene rings is 1. The van der Waals surface area contributed by atoms with Gasteiger partial charge in [-0.3, -0.25) is 0 Å². The third-order valence-electron chi connectivity index (χ3n) is 1.76. The maximum absolute atomic E-state index is 10.9. The Morgan fingerprint density at radius 3 is 2.93 bits per heavy atom. The van der Waals surface area contributed by atoms with Gasteiger partial charge in [-0.2, -0.15) is 0 Å². The number of hydrogen-bond acceptors (Lipinski definition) is 2. The van der Waals surface area contributed by atoms with Crippen molar-refractivity contribution < 1.29 is 14.6 Å². The van der Waals surface area contributed by atoms with Crippen LogP contribution in [0.5, 0.6) is 0 Å². The molecule has 0 unspecified atom stereocenters. The van der Waals surface area contributed by atoms with E-state index in [0.29, 0.717) is 17.2 Å². The van der Waals surface area contributed by atoms with Crippen molar-refractivity contribution in [2.75, 3.05) is 6.61 Å². The zero-order valence-corrected chi connectivity index (χ0v) is 8.99. The molecule has 0 spiro atoms. The number of hydrogen-bond donors (Lipinski definition) is 1. The van der Waals surface area contributed by atoms with Crippen molar-refractivity contribution >= 4 is 23.6 Å². The number of carboxylic acid groups (broad SMARTS) is 1. The first-order chi connectivity index (χ1) is 7.15. The summed E-state index contributed by atoms with van der Waals surface area (Å²) in [6.07, 6.45) is 3.07. The molecule has 0 aromatic heterocycles. The zero-order chi connectivity index (χ0) is 11.3. The normalized spacial score (nSPS) is 10.5. The Balaban J connectivity index is 3.01. The molecule has 0 heterocycles. The van der Waals surface area contributed by atoms with Gasteiger partial charge in [-0.25, -0.2) is 4.79 Å². The van der Waals surface area contributed by atoms with Crippen LogP contribution in [0.15, 0.2) is 24.5 Å². The molecule has 3 nitrogen and oxygen atoms in total. The summed E-state index contributed by atoms with van der Waals surface area (Å²) in [6.45, 7) is 2.40. The summed E-state index contributed by atoms with van der Waals surface area (Å²) in [5, 5.41) is 9.32. The fraction of sp³-hybridized carbons (Fsp3) is 0.182. The van der Waals surface area contributed by atoms with E-state index in [0.717, 1.165) is 0 Å². The van der Waals surface area contributed by atoms with Gasteiger partial charge in [0.1, 0.15) is 0 Å². The Morgan fingerprint density at radius 2 is 2.33 bits per heavy atom. The van der Waals surface area contributed by atoms with E-state index in [1.54, 1.807) is 18.2 Å². The number of carboxylic acids is 1. The highest BCUT2D eigenvalue weighted by atomic mass is 35.5. The van der Waals surface area contributed by atoms with Crippen molar-refractivity contribution in [3.63, 3.8) is 0 Å². The molecular formula is C11H11ClO3. The maximum Gasteiger partial charge on any atom is 0.336 e. The third-order valence-corrected chi connectivity index (χ3v) is 1.99. The molecule has 1 aromatic rings. The molecule has 4 heteroatoms. The minimum Gasteiger partial charge on any atom is -0.501 e. The molecular weight excluding hydrogens is 216 g/mol. The fourth-order valence-electron chi connectivity index (χ4n) is 1.08. The van der Waals surface area contributed by atoms with Gasteiger partial charge in [-0.1, -0.05) is 17.7 Å². The number of halogens is 1. The molecule has 0 radical (unpaired) electrons. The second-order valence-corrected chi connectivity index (χ2v) is 3.23. The summed E-state index contributed by atoms with van der Waals surface area (Å²) in [4.78, 5) is 10.9. The molecule has 0 bridgehead atoms. The van der Waals surface area contributed by atoms with Crippen molar-refractivity contribution in [2.45, 2.75) is 6.92 Å². The summed E-state index contributed by atoms with van der Waals surface area (Å²) >= 11 is 5.70. The van der Waals surface area contributed by atoms with Crippen LogP contribution >= 0.6 is 11.6 Å². The molecule has 0 atom stereocenters. The van der Waals surface area contributed by atoms with Gasteiger partial charge < -0.3 is 9.84 Å². The highest BCUT2D eigenvalue weighted by Crippen LogP contribution is 2.17. The van der Waals surface area contributed by atoms with E-state index >= 15 is 0 Å². The maximum atomic E-state index is 10.9. The zero-order valence-electron chi connectivity index (χ0n) is 8.24. The van der Waals surface area contributed by atoms with Crippen LogP contribution in [0.25, 0.3) is 6.08 Å². The lowest BCUT2D eigenvalue weighted by molar-refractivity contribution is 0.0696. The van der Waals surface area contributed by atoms with Crippen molar-refractivity contribution in [3.05, 3.63) is 40.6 Å². The number of ether oxygens (including phenoxy) is 1. The minimum atomic E-state index is -1.01. The SMILES string of the molecule is CCO/C=C/c1ccc(Cl)cc1C(=O)O. The van der Waals surface area contributed by atoms with Crippen molar-refractivity contribution in [3.8, 4) is 0 Å². The highest BCUT2D eigenvalue weighted by molar-refractivity contribution is 6.31. The Kier molecular flexibility index (Phi) is 4.18. The number of aromatic carboxylic acids is 1. The van der Waals surface area contributed by atoms with Gasteiger partial charge in [-0.15, -0.1) is 0 Å². The van der Waals surface area contributed by atoms with Crippen LogP contribution in [0.3, 0.4) is 0 Å². The summed E-state index contributed by atoms with van der Waals surface area (Å²) in [5.41, 5.74) is 0.735. The quantitative estimate of drug-likeness (QED) is 0.803.